The molecule has 6 aromatic rings. The first-order chi connectivity index (χ1) is 18.7. The number of furan rings is 1. The van der Waals surface area contributed by atoms with Crippen LogP contribution in [-0.2, 0) is 0 Å². The van der Waals surface area contributed by atoms with Gasteiger partial charge in [0.05, 0.1) is 30.2 Å². The normalized spacial score (nSPS) is 11.3. The van der Waals surface area contributed by atoms with Gasteiger partial charge in [-0.25, -0.2) is 4.79 Å². The van der Waals surface area contributed by atoms with Gasteiger partial charge < -0.3 is 23.0 Å². The minimum atomic E-state index is -0.402. The van der Waals surface area contributed by atoms with Crippen molar-refractivity contribution in [2.75, 3.05) is 13.2 Å². The van der Waals surface area contributed by atoms with Crippen LogP contribution in [0.4, 0.5) is 0 Å². The highest BCUT2D eigenvalue weighted by Crippen LogP contribution is 2.35. The Bertz CT molecular complexity index is 1740. The van der Waals surface area contributed by atoms with Crippen molar-refractivity contribution in [3.05, 3.63) is 108 Å². The molecule has 0 aliphatic carbocycles. The maximum Gasteiger partial charge on any atom is 0.336 e. The van der Waals surface area contributed by atoms with Crippen LogP contribution in [0.1, 0.15) is 19.3 Å². The predicted octanol–water partition coefficient (Wildman–Crippen LogP) is 8.11. The van der Waals surface area contributed by atoms with Crippen molar-refractivity contribution < 1.29 is 23.0 Å². The molecule has 38 heavy (non-hydrogen) atoms. The molecular weight excluding hydrogens is 480 g/mol. The third kappa shape index (κ3) is 5.06. The Labute approximate surface area is 219 Å². The lowest BCUT2D eigenvalue weighted by atomic mass is 10.1. The molecule has 0 N–H and O–H groups in total. The lowest BCUT2D eigenvalue weighted by Gasteiger charge is -2.11. The summed E-state index contributed by atoms with van der Waals surface area (Å²) in [5.74, 6) is 3.09. The topological polar surface area (TPSA) is 71.0 Å². The number of benzene rings is 4. The SMILES string of the molecule is O=c1ccc2c(OCCCCCOc3ccc(Oc4cccc5ccccc45)cc3)c3ccoc3cc2o1. The first-order valence-electron chi connectivity index (χ1n) is 12.7. The van der Waals surface area contributed by atoms with E-state index < -0.39 is 5.63 Å². The van der Waals surface area contributed by atoms with Gasteiger partial charge in [-0.15, -0.1) is 0 Å². The van der Waals surface area contributed by atoms with Crippen molar-refractivity contribution in [2.24, 2.45) is 0 Å². The van der Waals surface area contributed by atoms with Crippen LogP contribution in [0.3, 0.4) is 0 Å². The molecule has 2 heterocycles. The van der Waals surface area contributed by atoms with Gasteiger partial charge in [-0.05, 0) is 67.1 Å². The van der Waals surface area contributed by atoms with E-state index >= 15 is 0 Å². The molecule has 0 unspecified atom stereocenters. The van der Waals surface area contributed by atoms with Gasteiger partial charge in [0.1, 0.15) is 34.2 Å². The second kappa shape index (κ2) is 10.7. The van der Waals surface area contributed by atoms with E-state index in [1.807, 2.05) is 54.6 Å². The van der Waals surface area contributed by atoms with E-state index in [-0.39, 0.29) is 0 Å². The molecule has 6 rings (SSSR count). The summed E-state index contributed by atoms with van der Waals surface area (Å²) in [4.78, 5) is 11.6. The molecule has 2 aromatic heterocycles. The molecule has 0 aliphatic heterocycles. The average Bonchev–Trinajstić information content (AvgIpc) is 3.41. The number of ether oxygens (including phenoxy) is 3. The molecule has 6 nitrogen and oxygen atoms in total. The van der Waals surface area contributed by atoms with Crippen molar-refractivity contribution in [3.63, 3.8) is 0 Å². The number of rotatable bonds is 10. The molecule has 0 saturated heterocycles. The third-order valence-electron chi connectivity index (χ3n) is 6.41. The first-order valence-corrected chi connectivity index (χ1v) is 12.7. The zero-order chi connectivity index (χ0) is 25.7. The maximum absolute atomic E-state index is 11.6. The van der Waals surface area contributed by atoms with Crippen LogP contribution in [0, 0.1) is 0 Å². The fourth-order valence-electron chi connectivity index (χ4n) is 4.53. The quantitative estimate of drug-likeness (QED) is 0.138. The standard InChI is InChI=1S/C32H26O6/c33-31-16-15-26-30(38-31)21-29-27(17-20-35-29)32(26)36-19-5-1-4-18-34-23-11-13-24(14-12-23)37-28-10-6-8-22-7-2-3-9-25(22)28/h2-3,6-17,20-21H,1,4-5,18-19H2. The number of fused-ring (bicyclic) bond motifs is 3. The zero-order valence-electron chi connectivity index (χ0n) is 20.7. The summed E-state index contributed by atoms with van der Waals surface area (Å²) < 4.78 is 28.9. The average molecular weight is 507 g/mol. The number of unbranched alkanes of at least 4 members (excludes halogenated alkanes) is 2. The summed E-state index contributed by atoms with van der Waals surface area (Å²) in [7, 11) is 0. The van der Waals surface area contributed by atoms with Crippen molar-refractivity contribution in [1.29, 1.82) is 0 Å². The van der Waals surface area contributed by atoms with Crippen molar-refractivity contribution in [1.82, 2.24) is 0 Å². The highest BCUT2D eigenvalue weighted by atomic mass is 16.5. The van der Waals surface area contributed by atoms with E-state index in [9.17, 15) is 4.79 Å². The van der Waals surface area contributed by atoms with Crippen LogP contribution >= 0.6 is 0 Å². The van der Waals surface area contributed by atoms with Gasteiger partial charge in [0.2, 0.25) is 0 Å². The molecule has 0 spiro atoms. The van der Waals surface area contributed by atoms with Crippen LogP contribution in [0.25, 0.3) is 32.7 Å². The van der Waals surface area contributed by atoms with Crippen LogP contribution in [0.5, 0.6) is 23.0 Å². The van der Waals surface area contributed by atoms with Crippen LogP contribution < -0.4 is 19.8 Å². The molecule has 6 heteroatoms. The molecule has 190 valence electrons. The summed E-state index contributed by atoms with van der Waals surface area (Å²) in [6, 6.07) is 28.7. The zero-order valence-corrected chi connectivity index (χ0v) is 20.7. The van der Waals surface area contributed by atoms with E-state index in [4.69, 9.17) is 23.0 Å². The van der Waals surface area contributed by atoms with Crippen molar-refractivity contribution in [3.8, 4) is 23.0 Å². The number of hydrogen-bond acceptors (Lipinski definition) is 6. The second-order valence-corrected chi connectivity index (χ2v) is 9.01. The fourth-order valence-corrected chi connectivity index (χ4v) is 4.53. The Morgan fingerprint density at radius 2 is 1.39 bits per heavy atom. The Morgan fingerprint density at radius 1 is 0.632 bits per heavy atom. The fraction of sp³-hybridized carbons (Fsp3) is 0.156. The summed E-state index contributed by atoms with van der Waals surface area (Å²) in [5, 5.41) is 3.85. The molecule has 4 aromatic carbocycles. The lowest BCUT2D eigenvalue weighted by molar-refractivity contribution is 0.282. The molecule has 0 bridgehead atoms. The minimum Gasteiger partial charge on any atom is -0.494 e. The highest BCUT2D eigenvalue weighted by Gasteiger charge is 2.13. The minimum absolute atomic E-state index is 0.402. The molecule has 0 atom stereocenters. The number of hydrogen-bond donors (Lipinski definition) is 0. The third-order valence-corrected chi connectivity index (χ3v) is 6.41. The molecule has 0 saturated carbocycles. The Balaban J connectivity index is 0.976. The highest BCUT2D eigenvalue weighted by molar-refractivity contribution is 6.01. The van der Waals surface area contributed by atoms with E-state index in [1.54, 1.807) is 18.4 Å². The predicted molar refractivity (Wildman–Crippen MR) is 148 cm³/mol. The van der Waals surface area contributed by atoms with Gasteiger partial charge in [0.25, 0.3) is 0 Å². The molecule has 0 radical (unpaired) electrons. The lowest BCUT2D eigenvalue weighted by Crippen LogP contribution is -2.02. The van der Waals surface area contributed by atoms with Crippen LogP contribution in [0.2, 0.25) is 0 Å². The van der Waals surface area contributed by atoms with Gasteiger partial charge >= 0.3 is 5.63 Å². The Morgan fingerprint density at radius 3 is 2.29 bits per heavy atom. The van der Waals surface area contributed by atoms with E-state index in [2.05, 4.69) is 18.2 Å². The van der Waals surface area contributed by atoms with Gasteiger partial charge in [0, 0.05) is 17.5 Å². The van der Waals surface area contributed by atoms with E-state index in [1.165, 1.54) is 6.07 Å². The summed E-state index contributed by atoms with van der Waals surface area (Å²) in [5.41, 5.74) is 0.682. The van der Waals surface area contributed by atoms with Gasteiger partial charge in [0.15, 0.2) is 0 Å². The Hall–Kier alpha value is -4.71. The summed E-state index contributed by atoms with van der Waals surface area (Å²) in [6.45, 7) is 1.16. The van der Waals surface area contributed by atoms with Gasteiger partial charge in [-0.3, -0.25) is 0 Å². The van der Waals surface area contributed by atoms with Gasteiger partial charge in [-0.1, -0.05) is 36.4 Å². The smallest absolute Gasteiger partial charge is 0.336 e. The van der Waals surface area contributed by atoms with Crippen molar-refractivity contribution in [2.45, 2.75) is 19.3 Å². The van der Waals surface area contributed by atoms with Crippen LogP contribution in [-0.4, -0.2) is 13.2 Å². The molecular formula is C32H26O6. The molecule has 0 fully saturated rings. The van der Waals surface area contributed by atoms with Crippen LogP contribution in [0.15, 0.2) is 111 Å². The summed E-state index contributed by atoms with van der Waals surface area (Å²) >= 11 is 0. The van der Waals surface area contributed by atoms with Gasteiger partial charge in [-0.2, -0.15) is 0 Å². The Kier molecular flexibility index (Phi) is 6.68. The largest absolute Gasteiger partial charge is 0.494 e. The van der Waals surface area contributed by atoms with E-state index in [0.717, 1.165) is 58.1 Å². The monoisotopic (exact) mass is 506 g/mol. The molecule has 0 amide bonds. The maximum atomic E-state index is 11.6. The summed E-state index contributed by atoms with van der Waals surface area (Å²) in [6.07, 6.45) is 4.33. The molecule has 0 aliphatic rings. The first kappa shape index (κ1) is 23.7. The second-order valence-electron chi connectivity index (χ2n) is 9.01. The van der Waals surface area contributed by atoms with Crippen molar-refractivity contribution >= 4 is 32.7 Å². The van der Waals surface area contributed by atoms with E-state index in [0.29, 0.717) is 30.1 Å².